The van der Waals surface area contributed by atoms with Crippen molar-refractivity contribution in [3.05, 3.63) is 11.6 Å². The van der Waals surface area contributed by atoms with Gasteiger partial charge in [-0.1, -0.05) is 5.57 Å². The van der Waals surface area contributed by atoms with Crippen LogP contribution in [0.15, 0.2) is 11.6 Å². The van der Waals surface area contributed by atoms with E-state index in [4.69, 9.17) is 5.11 Å². The second kappa shape index (κ2) is 4.90. The van der Waals surface area contributed by atoms with E-state index in [0.29, 0.717) is 31.8 Å². The first-order valence-electron chi connectivity index (χ1n) is 6.28. The number of allylic oxidation sites excluding steroid dienone is 1. The van der Waals surface area contributed by atoms with Crippen molar-refractivity contribution in [1.82, 2.24) is 4.90 Å². The lowest BCUT2D eigenvalue weighted by Crippen LogP contribution is -2.39. The Hall–Kier alpha value is -1.32. The third kappa shape index (κ3) is 3.08. The SMILES string of the molecule is C/C(=C\C(=O)N1CCC(C(=O)O)CC1)C1CC1. The minimum absolute atomic E-state index is 0.0539. The third-order valence-electron chi connectivity index (χ3n) is 3.73. The molecular weight excluding hydrogens is 218 g/mol. The van der Waals surface area contributed by atoms with Crippen LogP contribution in [0.4, 0.5) is 0 Å². The van der Waals surface area contributed by atoms with Crippen LogP contribution in [-0.2, 0) is 9.59 Å². The zero-order valence-corrected chi connectivity index (χ0v) is 10.2. The predicted molar refractivity (Wildman–Crippen MR) is 63.4 cm³/mol. The first-order valence-corrected chi connectivity index (χ1v) is 6.28. The molecule has 0 aromatic rings. The molecule has 1 aliphatic heterocycles. The highest BCUT2D eigenvalue weighted by atomic mass is 16.4. The summed E-state index contributed by atoms with van der Waals surface area (Å²) in [5.41, 5.74) is 1.18. The number of rotatable bonds is 3. The van der Waals surface area contributed by atoms with Crippen LogP contribution in [-0.4, -0.2) is 35.0 Å². The maximum Gasteiger partial charge on any atom is 0.306 e. The molecule has 4 nitrogen and oxygen atoms in total. The van der Waals surface area contributed by atoms with Gasteiger partial charge in [-0.3, -0.25) is 9.59 Å². The fourth-order valence-electron chi connectivity index (χ4n) is 2.29. The van der Waals surface area contributed by atoms with Crippen LogP contribution in [0.2, 0.25) is 0 Å². The Bertz CT molecular complexity index is 350. The summed E-state index contributed by atoms with van der Waals surface area (Å²) in [7, 11) is 0. The van der Waals surface area contributed by atoms with E-state index in [-0.39, 0.29) is 11.8 Å². The van der Waals surface area contributed by atoms with Gasteiger partial charge in [-0.2, -0.15) is 0 Å². The molecular formula is C13H19NO3. The van der Waals surface area contributed by atoms with Gasteiger partial charge in [0.15, 0.2) is 0 Å². The van der Waals surface area contributed by atoms with E-state index in [2.05, 4.69) is 0 Å². The standard InChI is InChI=1S/C13H19NO3/c1-9(10-2-3-10)8-12(15)14-6-4-11(5-7-14)13(16)17/h8,10-11H,2-7H2,1H3,(H,16,17)/b9-8+. The van der Waals surface area contributed by atoms with E-state index in [1.54, 1.807) is 11.0 Å². The molecule has 0 aromatic heterocycles. The monoisotopic (exact) mass is 237 g/mol. The number of nitrogens with zero attached hydrogens (tertiary/aromatic N) is 1. The van der Waals surface area contributed by atoms with Crippen molar-refractivity contribution in [3.63, 3.8) is 0 Å². The van der Waals surface area contributed by atoms with Crippen molar-refractivity contribution in [2.45, 2.75) is 32.6 Å². The summed E-state index contributed by atoms with van der Waals surface area (Å²) >= 11 is 0. The summed E-state index contributed by atoms with van der Waals surface area (Å²) in [5.74, 6) is -0.330. The maximum absolute atomic E-state index is 11.9. The third-order valence-corrected chi connectivity index (χ3v) is 3.73. The molecule has 1 saturated carbocycles. The van der Waals surface area contributed by atoms with Gasteiger partial charge in [-0.05, 0) is 38.5 Å². The summed E-state index contributed by atoms with van der Waals surface area (Å²) in [5, 5.41) is 8.87. The summed E-state index contributed by atoms with van der Waals surface area (Å²) < 4.78 is 0. The van der Waals surface area contributed by atoms with Crippen LogP contribution in [0.25, 0.3) is 0 Å². The van der Waals surface area contributed by atoms with Crippen LogP contribution >= 0.6 is 0 Å². The van der Waals surface area contributed by atoms with Crippen LogP contribution in [0.5, 0.6) is 0 Å². The van der Waals surface area contributed by atoms with Gasteiger partial charge in [0.25, 0.3) is 0 Å². The Kier molecular flexibility index (Phi) is 3.50. The van der Waals surface area contributed by atoms with Gasteiger partial charge in [-0.25, -0.2) is 0 Å². The zero-order chi connectivity index (χ0) is 12.4. The maximum atomic E-state index is 11.9. The van der Waals surface area contributed by atoms with Gasteiger partial charge in [0.05, 0.1) is 5.92 Å². The highest BCUT2D eigenvalue weighted by Gasteiger charge is 2.28. The number of carboxylic acid groups (broad SMARTS) is 1. The summed E-state index contributed by atoms with van der Waals surface area (Å²) in [4.78, 5) is 24.5. The molecule has 1 N–H and O–H groups in total. The molecule has 2 aliphatic rings. The van der Waals surface area contributed by atoms with Gasteiger partial charge in [0, 0.05) is 19.2 Å². The molecule has 1 heterocycles. The first kappa shape index (κ1) is 12.1. The molecule has 0 radical (unpaired) electrons. The normalized spacial score (nSPS) is 22.6. The second-order valence-corrected chi connectivity index (χ2v) is 5.10. The van der Waals surface area contributed by atoms with E-state index in [1.165, 1.54) is 18.4 Å². The minimum Gasteiger partial charge on any atom is -0.481 e. The van der Waals surface area contributed by atoms with Crippen LogP contribution in [0.1, 0.15) is 32.6 Å². The predicted octanol–water partition coefficient (Wildman–Crippen LogP) is 1.67. The molecule has 0 unspecified atom stereocenters. The number of hydrogen-bond acceptors (Lipinski definition) is 2. The van der Waals surface area contributed by atoms with E-state index >= 15 is 0 Å². The molecule has 0 atom stereocenters. The van der Waals surface area contributed by atoms with Gasteiger partial charge < -0.3 is 10.0 Å². The number of carbonyl (C=O) groups is 2. The molecule has 1 saturated heterocycles. The Balaban J connectivity index is 1.85. The lowest BCUT2D eigenvalue weighted by atomic mass is 9.97. The summed E-state index contributed by atoms with van der Waals surface area (Å²) in [6, 6.07) is 0. The number of carboxylic acids is 1. The fraction of sp³-hybridized carbons (Fsp3) is 0.692. The van der Waals surface area contributed by atoms with Crippen LogP contribution in [0, 0.1) is 11.8 Å². The van der Waals surface area contributed by atoms with Crippen molar-refractivity contribution in [3.8, 4) is 0 Å². The lowest BCUT2D eigenvalue weighted by molar-refractivity contribution is -0.144. The van der Waals surface area contributed by atoms with Gasteiger partial charge in [-0.15, -0.1) is 0 Å². The molecule has 0 spiro atoms. The number of likely N-dealkylation sites (tertiary alicyclic amines) is 1. The van der Waals surface area contributed by atoms with Crippen molar-refractivity contribution in [1.29, 1.82) is 0 Å². The molecule has 0 aromatic carbocycles. The average Bonchev–Trinajstić information content (AvgIpc) is 3.12. The Labute approximate surface area is 101 Å². The van der Waals surface area contributed by atoms with Crippen molar-refractivity contribution in [2.24, 2.45) is 11.8 Å². The smallest absolute Gasteiger partial charge is 0.306 e. The fourth-order valence-corrected chi connectivity index (χ4v) is 2.29. The summed E-state index contributed by atoms with van der Waals surface area (Å²) in [6.45, 7) is 3.16. The molecule has 0 bridgehead atoms. The highest BCUT2D eigenvalue weighted by Crippen LogP contribution is 2.36. The minimum atomic E-state index is -0.734. The Morgan fingerprint density at radius 2 is 1.71 bits per heavy atom. The van der Waals surface area contributed by atoms with Crippen LogP contribution in [0.3, 0.4) is 0 Å². The topological polar surface area (TPSA) is 57.6 Å². The number of carbonyl (C=O) groups excluding carboxylic acids is 1. The number of amides is 1. The zero-order valence-electron chi connectivity index (χ0n) is 10.2. The first-order chi connectivity index (χ1) is 8.08. The molecule has 2 fully saturated rings. The van der Waals surface area contributed by atoms with Crippen LogP contribution < -0.4 is 0 Å². The Morgan fingerprint density at radius 3 is 2.18 bits per heavy atom. The van der Waals surface area contributed by atoms with Crippen molar-refractivity contribution in [2.75, 3.05) is 13.1 Å². The molecule has 2 rings (SSSR count). The Morgan fingerprint density at radius 1 is 1.12 bits per heavy atom. The second-order valence-electron chi connectivity index (χ2n) is 5.10. The highest BCUT2D eigenvalue weighted by molar-refractivity contribution is 5.88. The molecule has 1 aliphatic carbocycles. The average molecular weight is 237 g/mol. The quantitative estimate of drug-likeness (QED) is 0.759. The van der Waals surface area contributed by atoms with E-state index < -0.39 is 5.97 Å². The molecule has 4 heteroatoms. The summed E-state index contributed by atoms with van der Waals surface area (Å²) in [6.07, 6.45) is 5.31. The number of aliphatic carboxylic acids is 1. The van der Waals surface area contributed by atoms with Gasteiger partial charge >= 0.3 is 5.97 Å². The van der Waals surface area contributed by atoms with Crippen molar-refractivity contribution < 1.29 is 14.7 Å². The van der Waals surface area contributed by atoms with Crippen molar-refractivity contribution >= 4 is 11.9 Å². The molecule has 94 valence electrons. The van der Waals surface area contributed by atoms with E-state index in [9.17, 15) is 9.59 Å². The van der Waals surface area contributed by atoms with Gasteiger partial charge in [0.1, 0.15) is 0 Å². The van der Waals surface area contributed by atoms with Gasteiger partial charge in [0.2, 0.25) is 5.91 Å². The molecule has 1 amide bonds. The largest absolute Gasteiger partial charge is 0.481 e. The number of piperidine rings is 1. The lowest BCUT2D eigenvalue weighted by Gasteiger charge is -2.29. The van der Waals surface area contributed by atoms with E-state index in [0.717, 1.165) is 0 Å². The molecule has 17 heavy (non-hydrogen) atoms. The number of hydrogen-bond donors (Lipinski definition) is 1. The van der Waals surface area contributed by atoms with E-state index in [1.807, 2.05) is 6.92 Å².